The predicted molar refractivity (Wildman–Crippen MR) is 80.1 cm³/mol. The van der Waals surface area contributed by atoms with E-state index in [1.54, 1.807) is 26.1 Å². The molecule has 7 nitrogen and oxygen atoms in total. The standard InChI is InChI=1S/C14H13N4O3S.W/c1-9-11(13(19)17-14-15-8-16-18(14)2)6-5-10-4-3-7-22(20,21)12(9)10;/h3-4,6,8H,7H2,1-2H3,(H,15,16,17,19);/q-1;. The van der Waals surface area contributed by atoms with Crippen molar-refractivity contribution in [1.82, 2.24) is 14.8 Å². The number of carbonyl (C=O) groups excluding carboxylic acids is 1. The van der Waals surface area contributed by atoms with Crippen molar-refractivity contribution in [2.75, 3.05) is 11.1 Å². The van der Waals surface area contributed by atoms with Gasteiger partial charge in [0, 0.05) is 28.1 Å². The minimum absolute atomic E-state index is 0. The van der Waals surface area contributed by atoms with Crippen LogP contribution in [0.1, 0.15) is 21.5 Å². The number of carbonyl (C=O) groups is 1. The number of aromatic nitrogens is 3. The summed E-state index contributed by atoms with van der Waals surface area (Å²) in [5, 5.41) is 6.46. The number of fused-ring (bicyclic) bond motifs is 1. The minimum Gasteiger partial charge on any atom is -0.299 e. The van der Waals surface area contributed by atoms with Crippen molar-refractivity contribution in [2.24, 2.45) is 7.05 Å². The van der Waals surface area contributed by atoms with Crippen LogP contribution in [0.5, 0.6) is 0 Å². The van der Waals surface area contributed by atoms with Gasteiger partial charge in [0.05, 0.1) is 5.75 Å². The van der Waals surface area contributed by atoms with E-state index < -0.39 is 15.7 Å². The van der Waals surface area contributed by atoms with Gasteiger partial charge in [-0.15, -0.1) is 35.4 Å². The fourth-order valence-corrected chi connectivity index (χ4v) is 3.92. The summed E-state index contributed by atoms with van der Waals surface area (Å²) >= 11 is 0. The molecule has 1 aromatic heterocycles. The molecule has 3 rings (SSSR count). The molecular weight excluding hydrogens is 488 g/mol. The molecule has 2 heterocycles. The quantitative estimate of drug-likeness (QED) is 0.620. The number of aryl methyl sites for hydroxylation is 1. The van der Waals surface area contributed by atoms with Crippen LogP contribution in [0.25, 0.3) is 6.08 Å². The number of sulfone groups is 1. The molecule has 0 aliphatic carbocycles. The predicted octanol–water partition coefficient (Wildman–Crippen LogP) is 0.974. The number of nitrogens with one attached hydrogen (secondary N) is 1. The molecule has 0 radical (unpaired) electrons. The van der Waals surface area contributed by atoms with E-state index in [4.69, 9.17) is 0 Å². The number of nitrogens with zero attached hydrogens (tertiary/aromatic N) is 3. The maximum atomic E-state index is 12.4. The molecule has 1 aromatic carbocycles. The first-order chi connectivity index (χ1) is 10.4. The number of amides is 1. The van der Waals surface area contributed by atoms with Crippen LogP contribution < -0.4 is 5.32 Å². The Morgan fingerprint density at radius 2 is 2.17 bits per heavy atom. The van der Waals surface area contributed by atoms with Crippen molar-refractivity contribution < 1.29 is 34.3 Å². The summed E-state index contributed by atoms with van der Waals surface area (Å²) in [4.78, 5) is 16.4. The van der Waals surface area contributed by atoms with Crippen LogP contribution in [0.2, 0.25) is 0 Å². The molecule has 9 heteroatoms. The van der Waals surface area contributed by atoms with E-state index in [-0.39, 0.29) is 43.2 Å². The van der Waals surface area contributed by atoms with Crippen molar-refractivity contribution in [2.45, 2.75) is 11.8 Å². The normalized spacial score (nSPS) is 14.7. The van der Waals surface area contributed by atoms with E-state index in [0.29, 0.717) is 11.1 Å². The van der Waals surface area contributed by atoms with Gasteiger partial charge in [-0.05, 0) is 10.5 Å². The van der Waals surface area contributed by atoms with Crippen molar-refractivity contribution in [3.63, 3.8) is 0 Å². The SMILES string of the molecule is Cc1c(C(=O)Nc2ncnn2C)c[c-]c2c1S(=O)(=O)CC=C2.[W]. The summed E-state index contributed by atoms with van der Waals surface area (Å²) in [7, 11) is -1.79. The Morgan fingerprint density at radius 1 is 1.43 bits per heavy atom. The summed E-state index contributed by atoms with van der Waals surface area (Å²) < 4.78 is 25.8. The van der Waals surface area contributed by atoms with Crippen molar-refractivity contribution in [3.8, 4) is 0 Å². The first kappa shape index (κ1) is 17.6. The molecule has 1 aliphatic heterocycles. The fraction of sp³-hybridized carbons (Fsp3) is 0.214. The molecule has 0 bridgehead atoms. The average molecular weight is 501 g/mol. The van der Waals surface area contributed by atoms with Gasteiger partial charge in [0.1, 0.15) is 16.2 Å². The second kappa shape index (κ2) is 6.37. The molecule has 0 saturated carbocycles. The second-order valence-electron chi connectivity index (χ2n) is 4.92. The van der Waals surface area contributed by atoms with Gasteiger partial charge in [-0.25, -0.2) is 13.1 Å². The van der Waals surface area contributed by atoms with E-state index >= 15 is 0 Å². The fourth-order valence-electron chi connectivity index (χ4n) is 2.36. The molecule has 1 N–H and O–H groups in total. The Hall–Kier alpha value is -1.79. The molecule has 0 unspecified atom stereocenters. The van der Waals surface area contributed by atoms with Crippen LogP contribution in [0.15, 0.2) is 23.4 Å². The first-order valence-corrected chi connectivity index (χ1v) is 8.15. The van der Waals surface area contributed by atoms with Crippen LogP contribution in [0, 0.1) is 13.0 Å². The maximum Gasteiger partial charge on any atom is 0.227 e. The van der Waals surface area contributed by atoms with Crippen LogP contribution >= 0.6 is 0 Å². The van der Waals surface area contributed by atoms with Gasteiger partial charge < -0.3 is 0 Å². The van der Waals surface area contributed by atoms with Gasteiger partial charge in [0.25, 0.3) is 0 Å². The van der Waals surface area contributed by atoms with E-state index in [0.717, 1.165) is 0 Å². The molecule has 1 amide bonds. The average Bonchev–Trinajstić information content (AvgIpc) is 2.83. The zero-order chi connectivity index (χ0) is 15.9. The van der Waals surface area contributed by atoms with Crippen LogP contribution in [0.4, 0.5) is 5.95 Å². The Kier molecular flexibility index (Phi) is 4.86. The molecule has 0 saturated heterocycles. The Labute approximate surface area is 148 Å². The summed E-state index contributed by atoms with van der Waals surface area (Å²) in [6.45, 7) is 1.62. The summed E-state index contributed by atoms with van der Waals surface area (Å²) in [6.07, 6.45) is 4.59. The topological polar surface area (TPSA) is 93.9 Å². The third kappa shape index (κ3) is 3.14. The Balaban J connectivity index is 0.00000192. The Bertz CT molecular complexity index is 903. The van der Waals surface area contributed by atoms with E-state index in [1.807, 2.05) is 0 Å². The zero-order valence-electron chi connectivity index (χ0n) is 12.4. The first-order valence-electron chi connectivity index (χ1n) is 6.50. The molecule has 1 aliphatic rings. The summed E-state index contributed by atoms with van der Waals surface area (Å²) in [5.41, 5.74) is 1.15. The number of rotatable bonds is 2. The molecular formula is C14H13N4O3SW-. The molecule has 23 heavy (non-hydrogen) atoms. The van der Waals surface area contributed by atoms with Crippen LogP contribution in [0.3, 0.4) is 0 Å². The van der Waals surface area contributed by atoms with Gasteiger partial charge in [0.15, 0.2) is 0 Å². The van der Waals surface area contributed by atoms with Crippen molar-refractivity contribution in [3.05, 3.63) is 41.2 Å². The summed E-state index contributed by atoms with van der Waals surface area (Å²) in [6, 6.07) is 4.35. The molecule has 0 atom stereocenters. The number of hydrogen-bond acceptors (Lipinski definition) is 5. The number of anilines is 1. The zero-order valence-corrected chi connectivity index (χ0v) is 16.1. The van der Waals surface area contributed by atoms with Gasteiger partial charge in [0.2, 0.25) is 11.9 Å². The molecule has 0 fully saturated rings. The van der Waals surface area contributed by atoms with Gasteiger partial charge >= 0.3 is 0 Å². The molecule has 2 aromatic rings. The Morgan fingerprint density at radius 3 is 2.83 bits per heavy atom. The largest absolute Gasteiger partial charge is 0.299 e. The smallest absolute Gasteiger partial charge is 0.227 e. The molecule has 120 valence electrons. The number of hydrogen-bond donors (Lipinski definition) is 1. The van der Waals surface area contributed by atoms with Gasteiger partial charge in [-0.1, -0.05) is 6.92 Å². The van der Waals surface area contributed by atoms with Crippen molar-refractivity contribution >= 4 is 27.8 Å². The summed E-state index contributed by atoms with van der Waals surface area (Å²) in [5.74, 6) is -0.231. The van der Waals surface area contributed by atoms with E-state index in [1.165, 1.54) is 17.1 Å². The second-order valence-corrected chi connectivity index (χ2v) is 6.89. The monoisotopic (exact) mass is 501 g/mol. The minimum atomic E-state index is -3.43. The number of benzene rings is 1. The maximum absolute atomic E-state index is 12.4. The third-order valence-corrected chi connectivity index (χ3v) is 5.23. The van der Waals surface area contributed by atoms with E-state index in [2.05, 4.69) is 21.5 Å². The van der Waals surface area contributed by atoms with Crippen LogP contribution in [-0.4, -0.2) is 34.8 Å². The van der Waals surface area contributed by atoms with Gasteiger partial charge in [-0.3, -0.25) is 10.1 Å². The van der Waals surface area contributed by atoms with E-state index in [9.17, 15) is 13.2 Å². The van der Waals surface area contributed by atoms with Gasteiger partial charge in [-0.2, -0.15) is 10.1 Å². The van der Waals surface area contributed by atoms with Crippen LogP contribution in [-0.2, 0) is 38.0 Å². The molecule has 0 spiro atoms. The van der Waals surface area contributed by atoms with Crippen molar-refractivity contribution in [1.29, 1.82) is 0 Å². The third-order valence-electron chi connectivity index (χ3n) is 3.45.